The summed E-state index contributed by atoms with van der Waals surface area (Å²) in [5, 5.41) is 0. The Hall–Kier alpha value is -1.06. The van der Waals surface area contributed by atoms with Gasteiger partial charge in [-0.2, -0.15) is 0 Å². The van der Waals surface area contributed by atoms with Gasteiger partial charge in [-0.05, 0) is 0 Å². The number of rotatable bonds is 1. The smallest absolute Gasteiger partial charge is 0.302 e. The van der Waals surface area contributed by atoms with Crippen molar-refractivity contribution < 1.29 is 14.3 Å². The summed E-state index contributed by atoms with van der Waals surface area (Å²) in [7, 11) is 1.70. The normalized spacial score (nSPS) is 24.0. The van der Waals surface area contributed by atoms with Crippen molar-refractivity contribution in [1.82, 2.24) is 4.90 Å². The first-order valence-corrected chi connectivity index (χ1v) is 3.51. The Morgan fingerprint density at radius 3 is 2.73 bits per heavy atom. The van der Waals surface area contributed by atoms with Crippen LogP contribution in [0.1, 0.15) is 13.3 Å². The van der Waals surface area contributed by atoms with E-state index < -0.39 is 0 Å². The fourth-order valence-electron chi connectivity index (χ4n) is 1.14. The maximum atomic E-state index is 10.9. The second-order valence-electron chi connectivity index (χ2n) is 2.71. The third-order valence-corrected chi connectivity index (χ3v) is 1.64. The van der Waals surface area contributed by atoms with Gasteiger partial charge in [0.05, 0.1) is 13.0 Å². The molecule has 1 saturated heterocycles. The van der Waals surface area contributed by atoms with Crippen molar-refractivity contribution in [2.75, 3.05) is 13.6 Å². The van der Waals surface area contributed by atoms with E-state index in [1.54, 1.807) is 11.9 Å². The molecule has 1 fully saturated rings. The van der Waals surface area contributed by atoms with Crippen molar-refractivity contribution >= 4 is 11.9 Å². The van der Waals surface area contributed by atoms with Crippen LogP contribution in [0.25, 0.3) is 0 Å². The van der Waals surface area contributed by atoms with Crippen LogP contribution >= 0.6 is 0 Å². The zero-order valence-corrected chi connectivity index (χ0v) is 6.66. The van der Waals surface area contributed by atoms with Gasteiger partial charge < -0.3 is 9.64 Å². The highest BCUT2D eigenvalue weighted by molar-refractivity contribution is 5.79. The zero-order valence-electron chi connectivity index (χ0n) is 6.66. The van der Waals surface area contributed by atoms with Crippen molar-refractivity contribution in [3.63, 3.8) is 0 Å². The molecule has 0 aromatic rings. The van der Waals surface area contributed by atoms with Crippen molar-refractivity contribution in [3.8, 4) is 0 Å². The molecule has 0 saturated carbocycles. The molecule has 0 aromatic heterocycles. The number of hydrogen-bond acceptors (Lipinski definition) is 3. The second-order valence-corrected chi connectivity index (χ2v) is 2.71. The van der Waals surface area contributed by atoms with Gasteiger partial charge in [0.2, 0.25) is 5.91 Å². The summed E-state index contributed by atoms with van der Waals surface area (Å²) in [5.74, 6) is -0.283. The maximum Gasteiger partial charge on any atom is 0.302 e. The van der Waals surface area contributed by atoms with E-state index in [0.29, 0.717) is 13.0 Å². The molecule has 0 unspecified atom stereocenters. The number of amides is 1. The minimum absolute atomic E-state index is 0.0382. The standard InChI is InChI=1S/C7H11NO3/c1-5(9)11-6-3-7(10)8(2)4-6/h6H,3-4H2,1-2H3/t6-/m0/s1. The van der Waals surface area contributed by atoms with Crippen LogP contribution in [0.5, 0.6) is 0 Å². The summed E-state index contributed by atoms with van der Waals surface area (Å²) >= 11 is 0. The number of nitrogens with zero attached hydrogens (tertiary/aromatic N) is 1. The SMILES string of the molecule is CC(=O)O[C@H]1CC(=O)N(C)C1. The van der Waals surface area contributed by atoms with Gasteiger partial charge >= 0.3 is 5.97 Å². The van der Waals surface area contributed by atoms with E-state index in [-0.39, 0.29) is 18.0 Å². The van der Waals surface area contributed by atoms with Crippen LogP contribution in [-0.2, 0) is 14.3 Å². The highest BCUT2D eigenvalue weighted by atomic mass is 16.5. The lowest BCUT2D eigenvalue weighted by Crippen LogP contribution is -2.22. The van der Waals surface area contributed by atoms with E-state index in [0.717, 1.165) is 0 Å². The van der Waals surface area contributed by atoms with E-state index in [1.165, 1.54) is 6.92 Å². The fraction of sp³-hybridized carbons (Fsp3) is 0.714. The van der Waals surface area contributed by atoms with Crippen LogP contribution in [-0.4, -0.2) is 36.5 Å². The molecule has 0 aromatic carbocycles. The number of ether oxygens (including phenoxy) is 1. The molecular formula is C7H11NO3. The van der Waals surface area contributed by atoms with Crippen molar-refractivity contribution in [2.45, 2.75) is 19.4 Å². The van der Waals surface area contributed by atoms with Crippen LogP contribution in [0.15, 0.2) is 0 Å². The molecule has 1 aliphatic rings. The first kappa shape index (κ1) is 8.04. The van der Waals surface area contributed by atoms with Crippen molar-refractivity contribution in [2.24, 2.45) is 0 Å². The number of hydrogen-bond donors (Lipinski definition) is 0. The molecule has 11 heavy (non-hydrogen) atoms. The Morgan fingerprint density at radius 2 is 2.36 bits per heavy atom. The fourth-order valence-corrected chi connectivity index (χ4v) is 1.14. The summed E-state index contributed by atoms with van der Waals surface area (Å²) in [5.41, 5.74) is 0. The Labute approximate surface area is 65.1 Å². The number of esters is 1. The van der Waals surface area contributed by atoms with E-state index in [2.05, 4.69) is 0 Å². The quantitative estimate of drug-likeness (QED) is 0.494. The predicted molar refractivity (Wildman–Crippen MR) is 37.8 cm³/mol. The van der Waals surface area contributed by atoms with Crippen molar-refractivity contribution in [1.29, 1.82) is 0 Å². The van der Waals surface area contributed by atoms with E-state index in [4.69, 9.17) is 4.74 Å². The van der Waals surface area contributed by atoms with Crippen LogP contribution in [0.3, 0.4) is 0 Å². The molecule has 1 heterocycles. The summed E-state index contributed by atoms with van der Waals surface area (Å²) in [6.45, 7) is 1.88. The summed E-state index contributed by atoms with van der Waals surface area (Å²) in [6, 6.07) is 0. The molecular weight excluding hydrogens is 146 g/mol. The number of carbonyl (C=O) groups is 2. The predicted octanol–water partition coefficient (Wildman–Crippen LogP) is -0.220. The van der Waals surface area contributed by atoms with Crippen LogP contribution in [0.4, 0.5) is 0 Å². The van der Waals surface area contributed by atoms with Crippen LogP contribution in [0.2, 0.25) is 0 Å². The van der Waals surface area contributed by atoms with Gasteiger partial charge in [0.15, 0.2) is 0 Å². The Kier molecular flexibility index (Phi) is 2.12. The average molecular weight is 157 g/mol. The number of likely N-dealkylation sites (N-methyl/N-ethyl adjacent to an activating group) is 1. The molecule has 0 aliphatic carbocycles. The first-order chi connectivity index (χ1) is 5.09. The molecule has 62 valence electrons. The average Bonchev–Trinajstić information content (AvgIpc) is 2.10. The third-order valence-electron chi connectivity index (χ3n) is 1.64. The van der Waals surface area contributed by atoms with Crippen LogP contribution in [0, 0.1) is 0 Å². The lowest BCUT2D eigenvalue weighted by Gasteiger charge is -2.09. The molecule has 1 amide bonds. The van der Waals surface area contributed by atoms with Gasteiger partial charge in [-0.1, -0.05) is 0 Å². The van der Waals surface area contributed by atoms with E-state index in [1.807, 2.05) is 0 Å². The summed E-state index contributed by atoms with van der Waals surface area (Å²) < 4.78 is 4.85. The van der Waals surface area contributed by atoms with E-state index >= 15 is 0 Å². The topological polar surface area (TPSA) is 46.6 Å². The molecule has 1 aliphatic heterocycles. The molecule has 4 nitrogen and oxygen atoms in total. The monoisotopic (exact) mass is 157 g/mol. The Balaban J connectivity index is 2.41. The zero-order chi connectivity index (χ0) is 8.43. The molecule has 0 radical (unpaired) electrons. The molecule has 0 bridgehead atoms. The maximum absolute atomic E-state index is 10.9. The van der Waals surface area contributed by atoms with Gasteiger partial charge in [0.25, 0.3) is 0 Å². The molecule has 0 spiro atoms. The van der Waals surface area contributed by atoms with Gasteiger partial charge in [0.1, 0.15) is 6.10 Å². The van der Waals surface area contributed by atoms with Gasteiger partial charge in [-0.15, -0.1) is 0 Å². The second kappa shape index (κ2) is 2.90. The third kappa shape index (κ3) is 1.93. The lowest BCUT2D eigenvalue weighted by molar-refractivity contribution is -0.145. The highest BCUT2D eigenvalue weighted by Gasteiger charge is 2.28. The number of carbonyl (C=O) groups excluding carboxylic acids is 2. The highest BCUT2D eigenvalue weighted by Crippen LogP contribution is 2.11. The van der Waals surface area contributed by atoms with E-state index in [9.17, 15) is 9.59 Å². The molecule has 0 N–H and O–H groups in total. The molecule has 1 rings (SSSR count). The summed E-state index contributed by atoms with van der Waals surface area (Å²) in [6.07, 6.45) is 0.0980. The molecule has 4 heteroatoms. The largest absolute Gasteiger partial charge is 0.460 e. The molecule has 1 atom stereocenters. The van der Waals surface area contributed by atoms with Gasteiger partial charge in [-0.25, -0.2) is 0 Å². The van der Waals surface area contributed by atoms with Crippen molar-refractivity contribution in [3.05, 3.63) is 0 Å². The van der Waals surface area contributed by atoms with Gasteiger partial charge in [0, 0.05) is 14.0 Å². The minimum Gasteiger partial charge on any atom is -0.460 e. The lowest BCUT2D eigenvalue weighted by atomic mass is 10.3. The number of likely N-dealkylation sites (tertiary alicyclic amines) is 1. The summed E-state index contributed by atoms with van der Waals surface area (Å²) in [4.78, 5) is 22.9. The van der Waals surface area contributed by atoms with Gasteiger partial charge in [-0.3, -0.25) is 9.59 Å². The Bertz CT molecular complexity index is 188. The first-order valence-electron chi connectivity index (χ1n) is 3.51. The van der Waals surface area contributed by atoms with Crippen LogP contribution < -0.4 is 0 Å². The Morgan fingerprint density at radius 1 is 1.73 bits per heavy atom. The minimum atomic E-state index is -0.321.